The molecule has 3 rings (SSSR count). The molecule has 164 valence electrons. The van der Waals surface area contributed by atoms with Gasteiger partial charge in [-0.3, -0.25) is 18.7 Å². The molecular weight excluding hydrogens is 510 g/mol. The van der Waals surface area contributed by atoms with Crippen LogP contribution in [0.15, 0.2) is 9.59 Å². The maximum absolute atomic E-state index is 12.7. The molecule has 11 heteroatoms. The predicted octanol–water partition coefficient (Wildman–Crippen LogP) is 1.77. The highest BCUT2D eigenvalue weighted by Crippen LogP contribution is 2.18. The van der Waals surface area contributed by atoms with Gasteiger partial charge in [0.25, 0.3) is 5.56 Å². The zero-order valence-electron chi connectivity index (χ0n) is 16.5. The molecule has 0 aliphatic carbocycles. The maximum atomic E-state index is 12.7. The van der Waals surface area contributed by atoms with Gasteiger partial charge in [0.2, 0.25) is 0 Å². The number of carboxylic acids is 1. The average molecular weight is 539 g/mol. The summed E-state index contributed by atoms with van der Waals surface area (Å²) in [6.45, 7) is 2.30. The lowest BCUT2D eigenvalue weighted by Gasteiger charge is -2.21. The predicted molar refractivity (Wildman–Crippen MR) is 122 cm³/mol. The van der Waals surface area contributed by atoms with Crippen LogP contribution in [0.1, 0.15) is 44.3 Å². The lowest BCUT2D eigenvalue weighted by molar-refractivity contribution is -0.137. The first-order valence-electron chi connectivity index (χ1n) is 9.58. The van der Waals surface area contributed by atoms with Crippen molar-refractivity contribution >= 4 is 51.1 Å². The Morgan fingerprint density at radius 1 is 1.21 bits per heavy atom. The van der Waals surface area contributed by atoms with Gasteiger partial charge in [-0.1, -0.05) is 0 Å². The molecule has 1 fully saturated rings. The van der Waals surface area contributed by atoms with E-state index in [9.17, 15) is 14.4 Å². The Hall–Kier alpha value is -1.46. The summed E-state index contributed by atoms with van der Waals surface area (Å²) < 4.78 is 2.55. The molecule has 1 aliphatic heterocycles. The Balaban J connectivity index is 0.00000210. The van der Waals surface area contributed by atoms with E-state index in [0.29, 0.717) is 29.9 Å². The van der Waals surface area contributed by atoms with Crippen LogP contribution in [0, 0.1) is 5.92 Å². The lowest BCUT2D eigenvalue weighted by Crippen LogP contribution is -2.39. The molecule has 29 heavy (non-hydrogen) atoms. The molecule has 9 nitrogen and oxygen atoms in total. The van der Waals surface area contributed by atoms with E-state index in [0.717, 1.165) is 44.6 Å². The van der Waals surface area contributed by atoms with Crippen molar-refractivity contribution < 1.29 is 9.90 Å². The third-order valence-corrected chi connectivity index (χ3v) is 5.30. The van der Waals surface area contributed by atoms with Crippen molar-refractivity contribution in [2.45, 2.75) is 51.5 Å². The van der Waals surface area contributed by atoms with Gasteiger partial charge in [-0.15, -0.1) is 34.0 Å². The quantitative estimate of drug-likeness (QED) is 0.440. The number of aromatic amines is 1. The maximum Gasteiger partial charge on any atom is 0.332 e. The molecule has 3 N–H and O–H groups in total. The van der Waals surface area contributed by atoms with E-state index in [1.165, 1.54) is 9.13 Å². The number of aryl methyl sites for hydroxylation is 2. The Labute approximate surface area is 189 Å². The molecule has 1 saturated heterocycles. The van der Waals surface area contributed by atoms with Gasteiger partial charge in [-0.25, -0.2) is 9.78 Å². The number of H-pyrrole nitrogens is 1. The molecule has 1 aliphatic rings. The first-order valence-corrected chi connectivity index (χ1v) is 9.58. The number of halogens is 2. The topological polar surface area (TPSA) is 122 Å². The highest BCUT2D eigenvalue weighted by atomic mass is 79.9. The Morgan fingerprint density at radius 3 is 2.55 bits per heavy atom. The van der Waals surface area contributed by atoms with Crippen LogP contribution in [0.3, 0.4) is 0 Å². The van der Waals surface area contributed by atoms with E-state index in [1.807, 2.05) is 0 Å². The van der Waals surface area contributed by atoms with E-state index in [1.54, 1.807) is 7.05 Å². The monoisotopic (exact) mass is 537 g/mol. The number of hydrogen-bond donors (Lipinski definition) is 3. The number of carbonyl (C=O) groups is 1. The van der Waals surface area contributed by atoms with Crippen molar-refractivity contribution in [1.29, 1.82) is 0 Å². The van der Waals surface area contributed by atoms with Crippen LogP contribution in [0.4, 0.5) is 0 Å². The summed E-state index contributed by atoms with van der Waals surface area (Å²) >= 11 is 0. The molecule has 3 heterocycles. The molecule has 0 unspecified atom stereocenters. The zero-order chi connectivity index (χ0) is 19.4. The van der Waals surface area contributed by atoms with Gasteiger partial charge < -0.3 is 15.4 Å². The van der Waals surface area contributed by atoms with Gasteiger partial charge in [-0.05, 0) is 51.1 Å². The van der Waals surface area contributed by atoms with Crippen LogP contribution in [-0.2, 0) is 24.8 Å². The number of aliphatic carboxylic acids is 1. The SMILES string of the molecule is Br.Br.Cn1c(=O)n(CCCCC(=O)O)c(=O)c2[nH]c(CCC3CCNCC3)nc21. The van der Waals surface area contributed by atoms with E-state index in [-0.39, 0.29) is 52.5 Å². The smallest absolute Gasteiger partial charge is 0.332 e. The third kappa shape index (κ3) is 6.26. The highest BCUT2D eigenvalue weighted by molar-refractivity contribution is 8.93. The second-order valence-corrected chi connectivity index (χ2v) is 7.26. The minimum absolute atomic E-state index is 0. The molecule has 0 amide bonds. The summed E-state index contributed by atoms with van der Waals surface area (Å²) in [6, 6.07) is 0. The van der Waals surface area contributed by atoms with Gasteiger partial charge in [0.15, 0.2) is 5.65 Å². The van der Waals surface area contributed by atoms with Crippen molar-refractivity contribution in [3.05, 3.63) is 26.7 Å². The van der Waals surface area contributed by atoms with Crippen LogP contribution in [0.2, 0.25) is 0 Å². The van der Waals surface area contributed by atoms with Crippen molar-refractivity contribution in [2.24, 2.45) is 13.0 Å². The number of nitrogens with zero attached hydrogens (tertiary/aromatic N) is 3. The summed E-state index contributed by atoms with van der Waals surface area (Å²) in [5, 5.41) is 12.1. The number of nitrogens with one attached hydrogen (secondary N) is 2. The van der Waals surface area contributed by atoms with Crippen molar-refractivity contribution in [3.63, 3.8) is 0 Å². The number of imidazole rings is 1. The molecule has 2 aromatic rings. The molecule has 0 radical (unpaired) electrons. The fourth-order valence-corrected chi connectivity index (χ4v) is 3.67. The first kappa shape index (κ1) is 25.6. The third-order valence-electron chi connectivity index (χ3n) is 5.30. The van der Waals surface area contributed by atoms with Gasteiger partial charge in [0.1, 0.15) is 11.3 Å². The van der Waals surface area contributed by atoms with Crippen molar-refractivity contribution in [1.82, 2.24) is 24.4 Å². The van der Waals surface area contributed by atoms with E-state index in [2.05, 4.69) is 15.3 Å². The molecule has 0 bridgehead atoms. The van der Waals surface area contributed by atoms with Gasteiger partial charge in [-0.2, -0.15) is 0 Å². The summed E-state index contributed by atoms with van der Waals surface area (Å²) in [5.41, 5.74) is -0.0778. The number of piperidine rings is 1. The minimum atomic E-state index is -0.877. The second-order valence-electron chi connectivity index (χ2n) is 7.26. The molecule has 0 aromatic carbocycles. The number of hydrogen-bond acceptors (Lipinski definition) is 5. The number of aromatic nitrogens is 4. The number of fused-ring (bicyclic) bond motifs is 1. The Morgan fingerprint density at radius 2 is 1.90 bits per heavy atom. The first-order chi connectivity index (χ1) is 13.0. The Bertz CT molecular complexity index is 931. The normalized spacial score (nSPS) is 14.4. The minimum Gasteiger partial charge on any atom is -0.481 e. The van der Waals surface area contributed by atoms with Crippen LogP contribution >= 0.6 is 34.0 Å². The average Bonchev–Trinajstić information content (AvgIpc) is 3.09. The van der Waals surface area contributed by atoms with E-state index in [4.69, 9.17) is 5.11 Å². The number of carboxylic acid groups (broad SMARTS) is 1. The van der Waals surface area contributed by atoms with Crippen molar-refractivity contribution in [2.75, 3.05) is 13.1 Å². The second kappa shape index (κ2) is 11.7. The van der Waals surface area contributed by atoms with Gasteiger partial charge in [0.05, 0.1) is 0 Å². The standard InChI is InChI=1S/C18H27N5O4.2BrH/c1-22-16-15(17(26)23(18(22)27)11-3-2-4-14(24)25)20-13(21-16)6-5-12-7-9-19-10-8-12;;/h12,19H,2-11H2,1H3,(H,20,21)(H,24,25);2*1H. The van der Waals surface area contributed by atoms with Gasteiger partial charge >= 0.3 is 11.7 Å². The summed E-state index contributed by atoms with van der Waals surface area (Å²) in [7, 11) is 1.61. The summed E-state index contributed by atoms with van der Waals surface area (Å²) in [5.74, 6) is 0.520. The highest BCUT2D eigenvalue weighted by Gasteiger charge is 2.17. The largest absolute Gasteiger partial charge is 0.481 e. The lowest BCUT2D eigenvalue weighted by atomic mass is 9.93. The number of rotatable bonds is 8. The summed E-state index contributed by atoms with van der Waals surface area (Å²) in [4.78, 5) is 43.4. The Kier molecular flexibility index (Phi) is 10.3. The van der Waals surface area contributed by atoms with E-state index >= 15 is 0 Å². The molecule has 2 aromatic heterocycles. The molecule has 0 saturated carbocycles. The molecule has 0 spiro atoms. The zero-order valence-corrected chi connectivity index (χ0v) is 19.9. The van der Waals surface area contributed by atoms with Crippen LogP contribution < -0.4 is 16.6 Å². The van der Waals surface area contributed by atoms with Crippen LogP contribution in [-0.4, -0.2) is 43.3 Å². The van der Waals surface area contributed by atoms with Crippen molar-refractivity contribution in [3.8, 4) is 0 Å². The number of unbranched alkanes of at least 4 members (excludes halogenated alkanes) is 1. The van der Waals surface area contributed by atoms with E-state index < -0.39 is 11.7 Å². The fraction of sp³-hybridized carbons (Fsp3) is 0.667. The fourth-order valence-electron chi connectivity index (χ4n) is 3.67. The summed E-state index contributed by atoms with van der Waals surface area (Å²) in [6.07, 6.45) is 4.99. The van der Waals surface area contributed by atoms with Crippen LogP contribution in [0.5, 0.6) is 0 Å². The van der Waals surface area contributed by atoms with Gasteiger partial charge in [0, 0.05) is 26.4 Å². The van der Waals surface area contributed by atoms with Crippen LogP contribution in [0.25, 0.3) is 11.2 Å². The molecule has 0 atom stereocenters. The molecular formula is C18H29Br2N5O4.